The minimum atomic E-state index is -4.46. The van der Waals surface area contributed by atoms with Gasteiger partial charge in [-0.05, 0) is 25.7 Å². The fraction of sp³-hybridized carbons (Fsp3) is 0.941. The van der Waals surface area contributed by atoms with Gasteiger partial charge in [0.25, 0.3) is 0 Å². The molecule has 7 unspecified atom stereocenters. The molecule has 5 N–H and O–H groups in total. The van der Waals surface area contributed by atoms with Crippen LogP contribution in [0.5, 0.6) is 0 Å². The number of rotatable bonds is 6. The number of halogens is 5. The van der Waals surface area contributed by atoms with Crippen LogP contribution in [0.3, 0.4) is 0 Å². The summed E-state index contributed by atoms with van der Waals surface area (Å²) < 4.78 is 56.3. The molecule has 3 fully saturated rings. The summed E-state index contributed by atoms with van der Waals surface area (Å²) >= 11 is 6.03. The minimum Gasteiger partial charge on any atom is -0.341 e. The van der Waals surface area contributed by atoms with Crippen molar-refractivity contribution in [3.8, 4) is 0 Å². The fourth-order valence-electron chi connectivity index (χ4n) is 3.96. The quantitative estimate of drug-likeness (QED) is 0.291. The van der Waals surface area contributed by atoms with Gasteiger partial charge in [-0.3, -0.25) is 31.4 Å². The molecule has 2 saturated heterocycles. The van der Waals surface area contributed by atoms with E-state index in [1.54, 1.807) is 4.90 Å². The van der Waals surface area contributed by atoms with Crippen LogP contribution in [0.25, 0.3) is 0 Å². The number of nitrogens with zero attached hydrogens (tertiary/aromatic N) is 1. The van der Waals surface area contributed by atoms with E-state index in [9.17, 15) is 22.4 Å². The van der Waals surface area contributed by atoms with Crippen molar-refractivity contribution in [2.45, 2.75) is 81.3 Å². The molecule has 174 valence electrons. The lowest BCUT2D eigenvalue weighted by molar-refractivity contribution is -0.199. The average molecular weight is 461 g/mol. The van der Waals surface area contributed by atoms with Crippen molar-refractivity contribution >= 4 is 17.5 Å². The minimum absolute atomic E-state index is 0.0180. The fourth-order valence-corrected chi connectivity index (χ4v) is 4.30. The van der Waals surface area contributed by atoms with E-state index in [0.29, 0.717) is 32.4 Å². The number of carbonyl (C=O) groups excluding carboxylic acids is 1. The van der Waals surface area contributed by atoms with Crippen LogP contribution in [-0.2, 0) is 9.53 Å². The predicted octanol–water partition coefficient (Wildman–Crippen LogP) is 0.497. The van der Waals surface area contributed by atoms with E-state index in [0.717, 1.165) is 6.42 Å². The topological polar surface area (TPSA) is 89.7 Å². The summed E-state index contributed by atoms with van der Waals surface area (Å²) in [5.41, 5.74) is 0. The lowest BCUT2D eigenvalue weighted by atomic mass is 9.93. The van der Waals surface area contributed by atoms with Crippen LogP contribution >= 0.6 is 11.6 Å². The van der Waals surface area contributed by atoms with Gasteiger partial charge >= 0.3 is 6.18 Å². The number of carbonyl (C=O) groups is 1. The molecule has 2 aliphatic heterocycles. The molecule has 30 heavy (non-hydrogen) atoms. The van der Waals surface area contributed by atoms with Gasteiger partial charge in [0.05, 0.1) is 5.38 Å². The number of hydrogen-bond donors (Lipinski definition) is 5. The standard InChI is InChI=1S/C17H29ClF4N6O2/c1-9(29)28-5-4-11(7-28)24-15-25-14(23-10-2-3-13(19)12(18)6-10)26-16(27-15)30-8-17(20,21)22/h10-16,23-27H,2-8H2,1H3. The molecule has 0 aromatic heterocycles. The van der Waals surface area contributed by atoms with Gasteiger partial charge in [-0.2, -0.15) is 13.2 Å². The van der Waals surface area contributed by atoms with Crippen LogP contribution < -0.4 is 26.6 Å². The van der Waals surface area contributed by atoms with Gasteiger partial charge in [0, 0.05) is 32.1 Å². The third-order valence-corrected chi connectivity index (χ3v) is 5.97. The molecular weight excluding hydrogens is 432 g/mol. The Labute approximate surface area is 177 Å². The zero-order chi connectivity index (χ0) is 21.9. The summed E-state index contributed by atoms with van der Waals surface area (Å²) in [5, 5.41) is 14.9. The monoisotopic (exact) mass is 460 g/mol. The lowest BCUT2D eigenvalue weighted by Crippen LogP contribution is -2.76. The van der Waals surface area contributed by atoms with Crippen molar-refractivity contribution < 1.29 is 27.1 Å². The Morgan fingerprint density at radius 3 is 2.37 bits per heavy atom. The summed E-state index contributed by atoms with van der Waals surface area (Å²) in [4.78, 5) is 13.2. The van der Waals surface area contributed by atoms with Crippen molar-refractivity contribution in [3.05, 3.63) is 0 Å². The third kappa shape index (κ3) is 7.14. The summed E-state index contributed by atoms with van der Waals surface area (Å²) in [7, 11) is 0. The van der Waals surface area contributed by atoms with Crippen LogP contribution in [0.4, 0.5) is 17.6 Å². The molecule has 0 bridgehead atoms. The molecule has 0 aromatic rings. The van der Waals surface area contributed by atoms with Crippen LogP contribution in [-0.4, -0.2) is 79.2 Å². The second-order valence-electron chi connectivity index (χ2n) is 8.00. The van der Waals surface area contributed by atoms with E-state index in [1.807, 2.05) is 0 Å². The first-order valence-corrected chi connectivity index (χ1v) is 10.5. The van der Waals surface area contributed by atoms with Crippen molar-refractivity contribution in [1.29, 1.82) is 0 Å². The van der Waals surface area contributed by atoms with Crippen molar-refractivity contribution in [1.82, 2.24) is 31.5 Å². The second kappa shape index (κ2) is 10.2. The Balaban J connectivity index is 1.57. The Morgan fingerprint density at radius 1 is 1.13 bits per heavy atom. The van der Waals surface area contributed by atoms with Crippen LogP contribution in [0.15, 0.2) is 0 Å². The molecule has 2 heterocycles. The van der Waals surface area contributed by atoms with Gasteiger partial charge in [0.15, 0.2) is 6.35 Å². The summed E-state index contributed by atoms with van der Waals surface area (Å²) in [6.45, 7) is 1.23. The molecule has 1 saturated carbocycles. The maximum atomic E-state index is 13.6. The molecule has 1 amide bonds. The summed E-state index contributed by atoms with van der Waals surface area (Å²) in [5.74, 6) is -0.0180. The molecule has 3 aliphatic rings. The molecule has 3 rings (SSSR count). The molecule has 0 spiro atoms. The highest BCUT2D eigenvalue weighted by Crippen LogP contribution is 2.26. The van der Waals surface area contributed by atoms with Gasteiger partial charge < -0.3 is 9.64 Å². The van der Waals surface area contributed by atoms with Crippen LogP contribution in [0, 0.1) is 0 Å². The maximum Gasteiger partial charge on any atom is 0.411 e. The first-order valence-electron chi connectivity index (χ1n) is 10.1. The smallest absolute Gasteiger partial charge is 0.341 e. The number of likely N-dealkylation sites (tertiary alicyclic amines) is 1. The maximum absolute atomic E-state index is 13.6. The molecular formula is C17H29ClF4N6O2. The van der Waals surface area contributed by atoms with Crippen LogP contribution in [0.2, 0.25) is 0 Å². The van der Waals surface area contributed by atoms with Crippen molar-refractivity contribution in [2.75, 3.05) is 19.7 Å². The van der Waals surface area contributed by atoms with Gasteiger partial charge in [-0.15, -0.1) is 11.6 Å². The Bertz CT molecular complexity index is 589. The van der Waals surface area contributed by atoms with E-state index in [2.05, 4.69) is 26.6 Å². The number of hydrogen-bond acceptors (Lipinski definition) is 7. The molecule has 7 atom stereocenters. The van der Waals surface area contributed by atoms with E-state index < -0.39 is 43.3 Å². The number of alkyl halides is 5. The molecule has 0 aromatic carbocycles. The summed E-state index contributed by atoms with van der Waals surface area (Å²) in [6, 6.07) is -0.110. The van der Waals surface area contributed by atoms with Crippen molar-refractivity contribution in [3.63, 3.8) is 0 Å². The van der Waals surface area contributed by atoms with Gasteiger partial charge in [0.1, 0.15) is 25.4 Å². The Hall–Kier alpha value is -0.760. The van der Waals surface area contributed by atoms with E-state index >= 15 is 0 Å². The van der Waals surface area contributed by atoms with Crippen molar-refractivity contribution in [2.24, 2.45) is 0 Å². The lowest BCUT2D eigenvalue weighted by Gasteiger charge is -2.42. The van der Waals surface area contributed by atoms with E-state index in [4.69, 9.17) is 16.3 Å². The highest BCUT2D eigenvalue weighted by Gasteiger charge is 2.36. The zero-order valence-electron chi connectivity index (χ0n) is 16.6. The molecule has 13 heteroatoms. The summed E-state index contributed by atoms with van der Waals surface area (Å²) in [6.07, 6.45) is -5.69. The zero-order valence-corrected chi connectivity index (χ0v) is 17.4. The Kier molecular flexibility index (Phi) is 8.15. The SMILES string of the molecule is CC(=O)N1CCC(NC2NC(NC3CCC(F)C(Cl)C3)NC(OCC(F)(F)F)N2)C1. The van der Waals surface area contributed by atoms with E-state index in [-0.39, 0.29) is 18.0 Å². The third-order valence-electron chi connectivity index (χ3n) is 5.51. The number of ether oxygens (including phenoxy) is 1. The van der Waals surface area contributed by atoms with Gasteiger partial charge in [-0.1, -0.05) is 0 Å². The second-order valence-corrected chi connectivity index (χ2v) is 8.56. The molecule has 0 radical (unpaired) electrons. The van der Waals surface area contributed by atoms with Gasteiger partial charge in [-0.25, -0.2) is 4.39 Å². The largest absolute Gasteiger partial charge is 0.411 e. The molecule has 8 nitrogen and oxygen atoms in total. The first kappa shape index (κ1) is 23.9. The number of amides is 1. The molecule has 1 aliphatic carbocycles. The average Bonchev–Trinajstić information content (AvgIpc) is 3.11. The highest BCUT2D eigenvalue weighted by atomic mass is 35.5. The van der Waals surface area contributed by atoms with Gasteiger partial charge in [0.2, 0.25) is 5.91 Å². The van der Waals surface area contributed by atoms with E-state index in [1.165, 1.54) is 6.92 Å². The Morgan fingerprint density at radius 2 is 1.80 bits per heavy atom. The first-order chi connectivity index (χ1) is 14.1. The van der Waals surface area contributed by atoms with Crippen LogP contribution in [0.1, 0.15) is 32.6 Å². The normalized spacial score (nSPS) is 38.1. The predicted molar refractivity (Wildman–Crippen MR) is 102 cm³/mol. The number of nitrogens with one attached hydrogen (secondary N) is 5. The highest BCUT2D eigenvalue weighted by molar-refractivity contribution is 6.21.